The van der Waals surface area contributed by atoms with Crippen molar-refractivity contribution in [2.24, 2.45) is 10.2 Å². The van der Waals surface area contributed by atoms with E-state index >= 15 is 0 Å². The maximum absolute atomic E-state index is 12.8. The van der Waals surface area contributed by atoms with Crippen LogP contribution in [0.1, 0.15) is 27.0 Å². The summed E-state index contributed by atoms with van der Waals surface area (Å²) >= 11 is 0. The number of aryl methyl sites for hydroxylation is 1. The Labute approximate surface area is 147 Å². The van der Waals surface area contributed by atoms with Gasteiger partial charge in [-0.1, -0.05) is 90.5 Å². The zero-order valence-corrected chi connectivity index (χ0v) is 14.0. The molecule has 0 aliphatic carbocycles. The highest BCUT2D eigenvalue weighted by Crippen LogP contribution is 2.10. The second-order valence-electron chi connectivity index (χ2n) is 5.67. The number of benzene rings is 3. The first-order valence-corrected chi connectivity index (χ1v) is 8.07. The average molecular weight is 326 g/mol. The minimum absolute atomic E-state index is 0.146. The number of nitrogens with zero attached hydrogens (tertiary/aromatic N) is 2. The molecule has 0 spiro atoms. The lowest BCUT2D eigenvalue weighted by atomic mass is 10.0. The first-order chi connectivity index (χ1) is 12.2. The Morgan fingerprint density at radius 2 is 1.32 bits per heavy atom. The lowest BCUT2D eigenvalue weighted by Crippen LogP contribution is -2.15. The first-order valence-electron chi connectivity index (χ1n) is 8.07. The third-order valence-electron chi connectivity index (χ3n) is 3.74. The molecule has 0 unspecified atom stereocenters. The quantitative estimate of drug-likeness (QED) is 0.380. The van der Waals surface area contributed by atoms with E-state index in [1.54, 1.807) is 18.3 Å². The van der Waals surface area contributed by atoms with Crippen molar-refractivity contribution in [2.75, 3.05) is 0 Å². The number of hydrogen-bond donors (Lipinski definition) is 0. The molecule has 3 heteroatoms. The van der Waals surface area contributed by atoms with E-state index in [4.69, 9.17) is 0 Å². The maximum atomic E-state index is 12.8. The van der Waals surface area contributed by atoms with Gasteiger partial charge in [0.2, 0.25) is 5.78 Å². The van der Waals surface area contributed by atoms with E-state index in [1.165, 1.54) is 5.56 Å². The van der Waals surface area contributed by atoms with Gasteiger partial charge in [0.05, 0.1) is 6.21 Å². The first kappa shape index (κ1) is 16.5. The zero-order valence-electron chi connectivity index (χ0n) is 14.0. The topological polar surface area (TPSA) is 41.8 Å². The van der Waals surface area contributed by atoms with Gasteiger partial charge in [0.15, 0.2) is 0 Å². The van der Waals surface area contributed by atoms with Crippen molar-refractivity contribution in [1.29, 1.82) is 0 Å². The molecule has 0 saturated heterocycles. The molecule has 0 radical (unpaired) electrons. The highest BCUT2D eigenvalue weighted by atomic mass is 16.1. The SMILES string of the molecule is Cc1ccc(/C=N\N=C(/C(=O)c2ccccc2)c2ccccc2)cc1. The van der Waals surface area contributed by atoms with Gasteiger partial charge < -0.3 is 0 Å². The Bertz CT molecular complexity index is 896. The van der Waals surface area contributed by atoms with Crippen molar-refractivity contribution < 1.29 is 4.79 Å². The van der Waals surface area contributed by atoms with Gasteiger partial charge in [-0.3, -0.25) is 4.79 Å². The Hall–Kier alpha value is -3.33. The van der Waals surface area contributed by atoms with Crippen molar-refractivity contribution in [3.05, 3.63) is 107 Å². The molecule has 0 amide bonds. The van der Waals surface area contributed by atoms with Gasteiger partial charge in [-0.05, 0) is 12.5 Å². The van der Waals surface area contributed by atoms with Crippen LogP contribution in [-0.2, 0) is 0 Å². The van der Waals surface area contributed by atoms with E-state index in [1.807, 2.05) is 79.7 Å². The summed E-state index contributed by atoms with van der Waals surface area (Å²) in [6, 6.07) is 26.5. The molecule has 0 heterocycles. The van der Waals surface area contributed by atoms with E-state index in [0.717, 1.165) is 11.1 Å². The van der Waals surface area contributed by atoms with E-state index in [0.29, 0.717) is 11.3 Å². The predicted octanol–water partition coefficient (Wildman–Crippen LogP) is 4.70. The molecule has 25 heavy (non-hydrogen) atoms. The Morgan fingerprint density at radius 3 is 1.92 bits per heavy atom. The van der Waals surface area contributed by atoms with Crippen LogP contribution in [0.15, 0.2) is 95.1 Å². The molecule has 0 saturated carbocycles. The number of carbonyl (C=O) groups is 1. The normalized spacial score (nSPS) is 11.6. The van der Waals surface area contributed by atoms with Gasteiger partial charge >= 0.3 is 0 Å². The summed E-state index contributed by atoms with van der Waals surface area (Å²) in [6.45, 7) is 2.03. The van der Waals surface area contributed by atoms with Crippen LogP contribution in [0.4, 0.5) is 0 Å². The largest absolute Gasteiger partial charge is 0.287 e. The van der Waals surface area contributed by atoms with Crippen molar-refractivity contribution in [1.82, 2.24) is 0 Å². The number of ketones is 1. The van der Waals surface area contributed by atoms with Gasteiger partial charge in [-0.15, -0.1) is 5.10 Å². The molecule has 0 atom stereocenters. The van der Waals surface area contributed by atoms with Crippen molar-refractivity contribution in [3.63, 3.8) is 0 Å². The maximum Gasteiger partial charge on any atom is 0.213 e. The summed E-state index contributed by atoms with van der Waals surface area (Å²) in [5.74, 6) is -0.146. The lowest BCUT2D eigenvalue weighted by molar-refractivity contribution is 0.106. The van der Waals surface area contributed by atoms with Crippen LogP contribution in [0.25, 0.3) is 0 Å². The summed E-state index contributed by atoms with van der Waals surface area (Å²) in [6.07, 6.45) is 1.65. The predicted molar refractivity (Wildman–Crippen MR) is 103 cm³/mol. The minimum atomic E-state index is -0.146. The average Bonchev–Trinajstić information content (AvgIpc) is 2.67. The molecular weight excluding hydrogens is 308 g/mol. The third-order valence-corrected chi connectivity index (χ3v) is 3.74. The molecule has 0 bridgehead atoms. The van der Waals surface area contributed by atoms with E-state index in [2.05, 4.69) is 10.2 Å². The van der Waals surface area contributed by atoms with E-state index < -0.39 is 0 Å². The highest BCUT2D eigenvalue weighted by Gasteiger charge is 2.15. The molecule has 3 rings (SSSR count). The fraction of sp³-hybridized carbons (Fsp3) is 0.0455. The van der Waals surface area contributed by atoms with Crippen LogP contribution >= 0.6 is 0 Å². The van der Waals surface area contributed by atoms with Crippen molar-refractivity contribution >= 4 is 17.7 Å². The number of carbonyl (C=O) groups excluding carboxylic acids is 1. The summed E-state index contributed by atoms with van der Waals surface area (Å²) < 4.78 is 0. The van der Waals surface area contributed by atoms with Crippen LogP contribution < -0.4 is 0 Å². The summed E-state index contributed by atoms with van der Waals surface area (Å²) in [7, 11) is 0. The van der Waals surface area contributed by atoms with Gasteiger partial charge in [0.1, 0.15) is 5.71 Å². The van der Waals surface area contributed by atoms with Crippen molar-refractivity contribution in [3.8, 4) is 0 Å². The third kappa shape index (κ3) is 4.36. The Morgan fingerprint density at radius 1 is 0.760 bits per heavy atom. The molecule has 3 nitrogen and oxygen atoms in total. The highest BCUT2D eigenvalue weighted by molar-refractivity contribution is 6.51. The zero-order chi connectivity index (χ0) is 17.5. The van der Waals surface area contributed by atoms with Crippen LogP contribution in [0.2, 0.25) is 0 Å². The Balaban J connectivity index is 1.94. The summed E-state index contributed by atoms with van der Waals surface area (Å²) in [4.78, 5) is 12.8. The monoisotopic (exact) mass is 326 g/mol. The summed E-state index contributed by atoms with van der Waals surface area (Å²) in [5.41, 5.74) is 3.79. The van der Waals surface area contributed by atoms with Crippen LogP contribution in [0.3, 0.4) is 0 Å². The number of rotatable bonds is 5. The molecule has 0 fully saturated rings. The second kappa shape index (κ2) is 7.97. The van der Waals surface area contributed by atoms with Crippen LogP contribution in [0.5, 0.6) is 0 Å². The van der Waals surface area contributed by atoms with Gasteiger partial charge in [0.25, 0.3) is 0 Å². The molecular formula is C22H18N2O. The van der Waals surface area contributed by atoms with E-state index in [-0.39, 0.29) is 5.78 Å². The van der Waals surface area contributed by atoms with E-state index in [9.17, 15) is 4.79 Å². The minimum Gasteiger partial charge on any atom is -0.287 e. The molecule has 0 N–H and O–H groups in total. The summed E-state index contributed by atoms with van der Waals surface area (Å²) in [5, 5.41) is 8.36. The molecule has 0 aliphatic rings. The van der Waals surface area contributed by atoms with Gasteiger partial charge in [0, 0.05) is 11.1 Å². The standard InChI is InChI=1S/C22H18N2O/c1-17-12-14-18(15-13-17)16-23-24-21(19-8-4-2-5-9-19)22(25)20-10-6-3-7-11-20/h2-16H,1H3/b23-16-,24-21-. The van der Waals surface area contributed by atoms with Crippen molar-refractivity contribution in [2.45, 2.75) is 6.92 Å². The fourth-order valence-corrected chi connectivity index (χ4v) is 2.36. The van der Waals surface area contributed by atoms with Gasteiger partial charge in [-0.25, -0.2) is 0 Å². The number of hydrogen-bond acceptors (Lipinski definition) is 3. The molecule has 3 aromatic carbocycles. The molecule has 0 aliphatic heterocycles. The smallest absolute Gasteiger partial charge is 0.213 e. The molecule has 122 valence electrons. The van der Waals surface area contributed by atoms with Gasteiger partial charge in [-0.2, -0.15) is 5.10 Å². The molecule has 0 aromatic heterocycles. The lowest BCUT2D eigenvalue weighted by Gasteiger charge is -2.04. The second-order valence-corrected chi connectivity index (χ2v) is 5.67. The fourth-order valence-electron chi connectivity index (χ4n) is 2.36. The number of Topliss-reactive ketones (excluding diaryl/α,β-unsaturated/α-hetero) is 1. The molecule has 3 aromatic rings. The van der Waals surface area contributed by atoms with Crippen LogP contribution in [-0.4, -0.2) is 17.7 Å². The van der Waals surface area contributed by atoms with Crippen LogP contribution in [0, 0.1) is 6.92 Å². The Kier molecular flexibility index (Phi) is 5.27.